The summed E-state index contributed by atoms with van der Waals surface area (Å²) in [5, 5.41) is 64.9. The van der Waals surface area contributed by atoms with Gasteiger partial charge in [0.2, 0.25) is 0 Å². The van der Waals surface area contributed by atoms with E-state index in [-0.39, 0.29) is 134 Å². The smallest absolute Gasteiger partial charge is 0.307 e. The molecular weight excluding hydrogens is 1530 g/mol. The predicted molar refractivity (Wildman–Crippen MR) is 422 cm³/mol. The zero-order chi connectivity index (χ0) is 87.3. The number of benzene rings is 8. The number of aromatic hydroxyl groups is 2. The van der Waals surface area contributed by atoms with Gasteiger partial charge in [-0.25, -0.2) is 30.7 Å². The van der Waals surface area contributed by atoms with Crippen LogP contribution >= 0.6 is 0 Å². The summed E-state index contributed by atoms with van der Waals surface area (Å²) in [6, 6.07) is 41.4. The Kier molecular flexibility index (Phi) is 41.2. The molecule has 0 aliphatic heterocycles. The van der Waals surface area contributed by atoms with Crippen molar-refractivity contribution in [2.24, 2.45) is 70.1 Å². The van der Waals surface area contributed by atoms with Crippen LogP contribution in [0.1, 0.15) is 123 Å². The number of nitrogens with two attached hydrogens (primary N) is 5. The average molecular weight is 1630 g/mol. The van der Waals surface area contributed by atoms with Crippen LogP contribution in [-0.4, -0.2) is 119 Å². The first-order valence-electron chi connectivity index (χ1n) is 37.4. The normalized spacial score (nSPS) is 13.5. The summed E-state index contributed by atoms with van der Waals surface area (Å²) >= 11 is 0. The van der Waals surface area contributed by atoms with Gasteiger partial charge in [-0.15, -0.1) is 0 Å². The lowest BCUT2D eigenvalue weighted by molar-refractivity contribution is -0.144. The molecule has 0 fully saturated rings. The lowest BCUT2D eigenvalue weighted by Gasteiger charge is -2.17. The first-order chi connectivity index (χ1) is 55.1. The highest BCUT2D eigenvalue weighted by atomic mass is 19.2. The molecule has 10 atom stereocenters. The van der Waals surface area contributed by atoms with E-state index >= 15 is 0 Å². The fourth-order valence-electron chi connectivity index (χ4n) is 12.0. The molecule has 8 aromatic rings. The van der Waals surface area contributed by atoms with E-state index in [1.807, 2.05) is 27.7 Å². The van der Waals surface area contributed by atoms with Crippen molar-refractivity contribution in [1.82, 2.24) is 0 Å². The van der Waals surface area contributed by atoms with Gasteiger partial charge in [0.05, 0.1) is 59.8 Å². The van der Waals surface area contributed by atoms with Gasteiger partial charge < -0.3 is 64.4 Å². The molecule has 0 radical (unpaired) electrons. The molecule has 17 N–H and O–H groups in total. The molecule has 0 saturated heterocycles. The number of rotatable bonds is 39. The van der Waals surface area contributed by atoms with Crippen LogP contribution < -0.4 is 28.7 Å². The molecule has 0 aliphatic carbocycles. The standard InChI is InChI=1S/C19H19F2NO4.C19H20FNO4.C18H18FNO3.C16H21F2NO3.C16H22FNO3/c20-15-6-3-12(8-16(15)21)7-13(19(25)26)10-18(24)17(22)9-11-1-4-14(23)5-2-11;20-16-4-2-1-3-13(16)10-14(19(24)25)11-18(23)17(21)9-12-5-7-15(22)8-6-12;19-15-9-5-4-8-13(15)10-14(18(22)23)11-16(21)17(20)12-6-2-1-3-7-12;1-9(2)5-14(19)15(20)8-11(16(21)22)6-10-3-4-12(17)13(18)7-10;1-10(2)7-14(18)15(19)9-12(16(20)21)8-11-5-3-4-6-13(11)17/h1-6,8,13,17,23H,7,9-10,22H2,(H,25,26);1-8,14,17,22H,9-11,21H2,(H,24,25);1-9,14,17H,10-11,20H2,(H,22,23);3-4,7,9,11,14H,5-6,8,19H2,1-2H3,(H,21,22);3-6,10,12,14H,7-9,18H2,1-2H3,(H,20,21)/t13?,17-;2*14?,17-;11?,14-;12?,14-/m00000/s1. The number of Topliss-reactive ketones (excluding diaryl/α,β-unsaturated/α-hetero) is 5. The highest BCUT2D eigenvalue weighted by molar-refractivity contribution is 5.91. The number of halogens is 7. The number of aliphatic carboxylic acids is 5. The maximum absolute atomic E-state index is 13.7. The molecule has 117 heavy (non-hydrogen) atoms. The van der Waals surface area contributed by atoms with E-state index < -0.39 is 142 Å². The van der Waals surface area contributed by atoms with Crippen LogP contribution in [0, 0.1) is 82.1 Å². The number of phenolic OH excluding ortho intramolecular Hbond substituents is 2. The second-order valence-electron chi connectivity index (χ2n) is 29.1. The van der Waals surface area contributed by atoms with Crippen molar-refractivity contribution in [2.75, 3.05) is 0 Å². The van der Waals surface area contributed by atoms with E-state index in [0.29, 0.717) is 29.5 Å². The van der Waals surface area contributed by atoms with Crippen LogP contribution in [0.15, 0.2) is 188 Å². The zero-order valence-electron chi connectivity index (χ0n) is 65.0. The molecule has 0 aliphatic rings. The summed E-state index contributed by atoms with van der Waals surface area (Å²) in [7, 11) is 0. The molecule has 0 aromatic heterocycles. The number of carboxylic acid groups (broad SMARTS) is 5. The topological polar surface area (TPSA) is 442 Å². The molecule has 0 amide bonds. The van der Waals surface area contributed by atoms with Gasteiger partial charge in [0.1, 0.15) is 40.5 Å². The Bertz CT molecular complexity index is 4600. The van der Waals surface area contributed by atoms with Gasteiger partial charge in [0, 0.05) is 32.1 Å². The van der Waals surface area contributed by atoms with E-state index in [2.05, 4.69) is 0 Å². The zero-order valence-corrected chi connectivity index (χ0v) is 65.0. The first kappa shape index (κ1) is 97.7. The van der Waals surface area contributed by atoms with Crippen LogP contribution in [0.2, 0.25) is 0 Å². The maximum Gasteiger partial charge on any atom is 0.307 e. The Balaban J connectivity index is 0.000000308. The van der Waals surface area contributed by atoms with Crippen LogP contribution in [0.25, 0.3) is 0 Å². The van der Waals surface area contributed by atoms with Crippen LogP contribution in [0.4, 0.5) is 30.7 Å². The monoisotopic (exact) mass is 1630 g/mol. The summed E-state index contributed by atoms with van der Waals surface area (Å²) in [5.74, 6) is -17.5. The van der Waals surface area contributed by atoms with Crippen LogP contribution in [-0.2, 0) is 92.9 Å². The molecule has 0 heterocycles. The van der Waals surface area contributed by atoms with Crippen LogP contribution in [0.3, 0.4) is 0 Å². The third kappa shape index (κ3) is 35.6. The molecule has 5 unspecified atom stereocenters. The van der Waals surface area contributed by atoms with Crippen molar-refractivity contribution in [3.63, 3.8) is 0 Å². The third-order valence-corrected chi connectivity index (χ3v) is 18.6. The molecule has 628 valence electrons. The molecular formula is C88H100F7N5O17. The molecule has 8 rings (SSSR count). The summed E-state index contributed by atoms with van der Waals surface area (Å²) in [4.78, 5) is 118. The number of phenols is 2. The predicted octanol–water partition coefficient (Wildman–Crippen LogP) is 12.4. The van der Waals surface area contributed by atoms with Crippen molar-refractivity contribution in [3.05, 3.63) is 273 Å². The second-order valence-corrected chi connectivity index (χ2v) is 29.1. The van der Waals surface area contributed by atoms with E-state index in [9.17, 15) is 114 Å². The molecule has 0 saturated carbocycles. The van der Waals surface area contributed by atoms with E-state index in [4.69, 9.17) is 28.7 Å². The van der Waals surface area contributed by atoms with Crippen molar-refractivity contribution in [1.29, 1.82) is 0 Å². The first-order valence-corrected chi connectivity index (χ1v) is 37.4. The fourth-order valence-corrected chi connectivity index (χ4v) is 12.0. The van der Waals surface area contributed by atoms with Gasteiger partial charge >= 0.3 is 29.8 Å². The molecule has 29 heteroatoms. The number of hydrogen-bond donors (Lipinski definition) is 12. The van der Waals surface area contributed by atoms with Crippen LogP contribution in [0.5, 0.6) is 11.5 Å². The summed E-state index contributed by atoms with van der Waals surface area (Å²) in [6.45, 7) is 7.73. The molecule has 22 nitrogen and oxygen atoms in total. The second kappa shape index (κ2) is 49.3. The average Bonchev–Trinajstić information content (AvgIpc) is 0.866. The van der Waals surface area contributed by atoms with Gasteiger partial charge in [-0.3, -0.25) is 47.9 Å². The summed E-state index contributed by atoms with van der Waals surface area (Å²) in [6.07, 6.45) is -0.0348. The van der Waals surface area contributed by atoms with E-state index in [1.165, 1.54) is 91.0 Å². The van der Waals surface area contributed by atoms with E-state index in [0.717, 1.165) is 35.4 Å². The van der Waals surface area contributed by atoms with Gasteiger partial charge in [-0.1, -0.05) is 149 Å². The number of carbonyl (C=O) groups is 10. The van der Waals surface area contributed by atoms with Crippen molar-refractivity contribution < 1.29 is 114 Å². The lowest BCUT2D eigenvalue weighted by Crippen LogP contribution is -2.35. The quantitative estimate of drug-likeness (QED) is 0.0159. The van der Waals surface area contributed by atoms with E-state index in [1.54, 1.807) is 72.8 Å². The highest BCUT2D eigenvalue weighted by Crippen LogP contribution is 2.26. The third-order valence-electron chi connectivity index (χ3n) is 18.6. The Morgan fingerprint density at radius 1 is 0.282 bits per heavy atom. The minimum Gasteiger partial charge on any atom is -0.508 e. The Morgan fingerprint density at radius 3 is 0.812 bits per heavy atom. The van der Waals surface area contributed by atoms with Gasteiger partial charge in [-0.05, 0) is 181 Å². The summed E-state index contributed by atoms with van der Waals surface area (Å²) < 4.78 is 93.2. The molecule has 0 spiro atoms. The largest absolute Gasteiger partial charge is 0.508 e. The SMILES string of the molecule is CC(C)C[C@H](N)C(=O)CC(Cc1ccc(F)c(F)c1)C(=O)O.CC(C)C[C@H](N)C(=O)CC(Cc1ccccc1F)C(=O)O.N[C@@H](Cc1ccc(O)cc1)C(=O)CC(Cc1ccc(F)c(F)c1)C(=O)O.N[C@@H](Cc1ccc(O)cc1)C(=O)CC(Cc1ccccc1F)C(=O)O.N[C@H](C(=O)CC(Cc1ccccc1F)C(=O)O)c1ccccc1. The van der Waals surface area contributed by atoms with Gasteiger partial charge in [-0.2, -0.15) is 0 Å². The molecule has 0 bridgehead atoms. The molecule has 8 aromatic carbocycles. The number of ketones is 5. The summed E-state index contributed by atoms with van der Waals surface area (Å²) in [5.41, 5.74) is 32.7. The minimum atomic E-state index is -1.21. The lowest BCUT2D eigenvalue weighted by atomic mass is 9.90. The van der Waals surface area contributed by atoms with Crippen molar-refractivity contribution >= 4 is 58.8 Å². The Hall–Kier alpha value is -11.6. The van der Waals surface area contributed by atoms with Gasteiger partial charge in [0.15, 0.2) is 40.6 Å². The number of hydrogen-bond acceptors (Lipinski definition) is 17. The minimum absolute atomic E-state index is 0.0118. The number of carbonyl (C=O) groups excluding carboxylic acids is 5. The number of carboxylic acids is 5. The van der Waals surface area contributed by atoms with Crippen molar-refractivity contribution in [3.8, 4) is 11.5 Å². The van der Waals surface area contributed by atoms with Crippen molar-refractivity contribution in [2.45, 2.75) is 148 Å². The fraction of sp³-hybridized carbons (Fsp3) is 0.341. The Morgan fingerprint density at radius 2 is 0.538 bits per heavy atom. The Labute approximate surface area is 672 Å². The maximum atomic E-state index is 13.7. The van der Waals surface area contributed by atoms with Gasteiger partial charge in [0.25, 0.3) is 0 Å². The highest BCUT2D eigenvalue weighted by Gasteiger charge is 2.32.